The van der Waals surface area contributed by atoms with E-state index in [2.05, 4.69) is 4.98 Å². The summed E-state index contributed by atoms with van der Waals surface area (Å²) in [6.07, 6.45) is 4.53. The van der Waals surface area contributed by atoms with E-state index in [0.29, 0.717) is 30.8 Å². The van der Waals surface area contributed by atoms with Crippen LogP contribution >= 0.6 is 0 Å². The van der Waals surface area contributed by atoms with Crippen molar-refractivity contribution >= 4 is 10.0 Å². The Morgan fingerprint density at radius 2 is 2.14 bits per heavy atom. The zero-order valence-corrected chi connectivity index (χ0v) is 12.9. The maximum absolute atomic E-state index is 12.7. The molecular formula is C14H21N3O3S. The van der Waals surface area contributed by atoms with Crippen molar-refractivity contribution < 1.29 is 13.2 Å². The average Bonchev–Trinajstić information content (AvgIpc) is 2.94. The van der Waals surface area contributed by atoms with Crippen LogP contribution in [0.5, 0.6) is 5.88 Å². The van der Waals surface area contributed by atoms with Crippen LogP contribution in [0.4, 0.5) is 0 Å². The summed E-state index contributed by atoms with van der Waals surface area (Å²) in [7, 11) is -1.98. The highest BCUT2D eigenvalue weighted by atomic mass is 32.2. The third-order valence-electron chi connectivity index (χ3n) is 4.68. The lowest BCUT2D eigenvalue weighted by molar-refractivity contribution is 0.260. The molecule has 116 valence electrons. The summed E-state index contributed by atoms with van der Waals surface area (Å²) in [5, 5.41) is 0. The van der Waals surface area contributed by atoms with Crippen LogP contribution in [0.15, 0.2) is 23.2 Å². The zero-order chi connectivity index (χ0) is 15.0. The summed E-state index contributed by atoms with van der Waals surface area (Å²) in [5.41, 5.74) is 6.15. The van der Waals surface area contributed by atoms with Crippen molar-refractivity contribution in [1.82, 2.24) is 9.29 Å². The predicted octanol–water partition coefficient (Wildman–Crippen LogP) is 0.838. The molecule has 0 radical (unpaired) electrons. The fourth-order valence-electron chi connectivity index (χ4n) is 3.46. The molecule has 0 amide bonds. The van der Waals surface area contributed by atoms with Crippen molar-refractivity contribution in [3.8, 4) is 5.88 Å². The van der Waals surface area contributed by atoms with Gasteiger partial charge in [0.15, 0.2) is 0 Å². The fourth-order valence-corrected chi connectivity index (χ4v) is 4.94. The number of aromatic nitrogens is 1. The van der Waals surface area contributed by atoms with Gasteiger partial charge in [0, 0.05) is 25.2 Å². The normalized spacial score (nSPS) is 30.1. The lowest BCUT2D eigenvalue weighted by Gasteiger charge is -2.29. The molecule has 3 rings (SSSR count). The van der Waals surface area contributed by atoms with E-state index in [1.807, 2.05) is 0 Å². The topological polar surface area (TPSA) is 85.5 Å². The highest BCUT2D eigenvalue weighted by molar-refractivity contribution is 7.89. The van der Waals surface area contributed by atoms with Gasteiger partial charge in [-0.05, 0) is 30.7 Å². The van der Waals surface area contributed by atoms with E-state index in [4.69, 9.17) is 10.5 Å². The number of nitrogens with zero attached hydrogens (tertiary/aromatic N) is 2. The van der Waals surface area contributed by atoms with Crippen LogP contribution in [0.3, 0.4) is 0 Å². The second-order valence-electron chi connectivity index (χ2n) is 5.88. The minimum Gasteiger partial charge on any atom is -0.481 e. The Balaban J connectivity index is 1.82. The Morgan fingerprint density at radius 1 is 1.33 bits per heavy atom. The van der Waals surface area contributed by atoms with Crippen molar-refractivity contribution in [2.75, 3.05) is 20.2 Å². The Hall–Kier alpha value is -1.18. The number of fused-ring (bicyclic) bond motifs is 1. The van der Waals surface area contributed by atoms with Gasteiger partial charge in [-0.1, -0.05) is 6.42 Å². The molecule has 2 N–H and O–H groups in total. The fraction of sp³-hybridized carbons (Fsp3) is 0.643. The third kappa shape index (κ3) is 2.65. The van der Waals surface area contributed by atoms with Gasteiger partial charge in [-0.2, -0.15) is 4.31 Å². The van der Waals surface area contributed by atoms with Crippen LogP contribution < -0.4 is 10.5 Å². The van der Waals surface area contributed by atoms with E-state index in [0.717, 1.165) is 19.3 Å². The number of sulfonamides is 1. The van der Waals surface area contributed by atoms with Gasteiger partial charge in [0.1, 0.15) is 4.90 Å². The highest BCUT2D eigenvalue weighted by Gasteiger charge is 2.43. The van der Waals surface area contributed by atoms with E-state index in [-0.39, 0.29) is 10.9 Å². The molecule has 2 aliphatic rings. The molecule has 1 aliphatic carbocycles. The molecule has 3 atom stereocenters. The maximum atomic E-state index is 12.7. The van der Waals surface area contributed by atoms with Gasteiger partial charge >= 0.3 is 0 Å². The lowest BCUT2D eigenvalue weighted by Crippen LogP contribution is -2.38. The molecule has 21 heavy (non-hydrogen) atoms. The number of hydrogen-bond acceptors (Lipinski definition) is 5. The SMILES string of the molecule is COc1ccc(S(=O)(=O)N2CC3CCCC(N)C3C2)cn1. The summed E-state index contributed by atoms with van der Waals surface area (Å²) >= 11 is 0. The summed E-state index contributed by atoms with van der Waals surface area (Å²) in [5.74, 6) is 1.10. The first-order valence-electron chi connectivity index (χ1n) is 7.28. The highest BCUT2D eigenvalue weighted by Crippen LogP contribution is 2.37. The quantitative estimate of drug-likeness (QED) is 0.894. The Kier molecular flexibility index (Phi) is 3.90. The van der Waals surface area contributed by atoms with Crippen molar-refractivity contribution in [3.63, 3.8) is 0 Å². The summed E-state index contributed by atoms with van der Waals surface area (Å²) in [4.78, 5) is 4.21. The number of methoxy groups -OCH3 is 1. The summed E-state index contributed by atoms with van der Waals surface area (Å²) < 4.78 is 31.9. The molecule has 2 heterocycles. The number of rotatable bonds is 3. The van der Waals surface area contributed by atoms with Crippen LogP contribution in [-0.2, 0) is 10.0 Å². The third-order valence-corrected chi connectivity index (χ3v) is 6.49. The lowest BCUT2D eigenvalue weighted by atomic mass is 9.78. The van der Waals surface area contributed by atoms with Gasteiger partial charge in [-0.3, -0.25) is 0 Å². The molecule has 2 fully saturated rings. The van der Waals surface area contributed by atoms with E-state index >= 15 is 0 Å². The van der Waals surface area contributed by atoms with Crippen LogP contribution in [-0.4, -0.2) is 43.9 Å². The van der Waals surface area contributed by atoms with Crippen molar-refractivity contribution in [2.45, 2.75) is 30.2 Å². The van der Waals surface area contributed by atoms with Crippen LogP contribution in [0.25, 0.3) is 0 Å². The minimum absolute atomic E-state index is 0.123. The molecule has 0 aromatic carbocycles. The molecule has 6 nitrogen and oxygen atoms in total. The Bertz CT molecular complexity index is 602. The van der Waals surface area contributed by atoms with Gasteiger partial charge in [-0.25, -0.2) is 13.4 Å². The number of pyridine rings is 1. The van der Waals surface area contributed by atoms with Crippen LogP contribution in [0, 0.1) is 11.8 Å². The monoisotopic (exact) mass is 311 g/mol. The van der Waals surface area contributed by atoms with Crippen LogP contribution in [0.1, 0.15) is 19.3 Å². The van der Waals surface area contributed by atoms with Crippen molar-refractivity contribution in [2.24, 2.45) is 17.6 Å². The molecule has 0 spiro atoms. The first-order chi connectivity index (χ1) is 10.0. The molecule has 7 heteroatoms. The van der Waals surface area contributed by atoms with E-state index in [1.54, 1.807) is 16.4 Å². The molecule has 0 bridgehead atoms. The molecule has 3 unspecified atom stereocenters. The van der Waals surface area contributed by atoms with Gasteiger partial charge in [0.25, 0.3) is 0 Å². The first kappa shape index (κ1) is 14.7. The molecule has 1 saturated carbocycles. The number of hydrogen-bond donors (Lipinski definition) is 1. The summed E-state index contributed by atoms with van der Waals surface area (Å²) in [6, 6.07) is 3.24. The smallest absolute Gasteiger partial charge is 0.244 e. The average molecular weight is 311 g/mol. The first-order valence-corrected chi connectivity index (χ1v) is 8.72. The molecule has 1 aromatic rings. The molecule has 1 aromatic heterocycles. The minimum atomic E-state index is -3.49. The van der Waals surface area contributed by atoms with Crippen LogP contribution in [0.2, 0.25) is 0 Å². The second kappa shape index (κ2) is 5.55. The molecule has 1 aliphatic heterocycles. The van der Waals surface area contributed by atoms with Gasteiger partial charge in [0.05, 0.1) is 13.3 Å². The zero-order valence-electron chi connectivity index (χ0n) is 12.1. The Morgan fingerprint density at radius 3 is 2.76 bits per heavy atom. The number of nitrogens with two attached hydrogens (primary N) is 1. The largest absolute Gasteiger partial charge is 0.481 e. The second-order valence-corrected chi connectivity index (χ2v) is 7.81. The summed E-state index contributed by atoms with van der Waals surface area (Å²) in [6.45, 7) is 1.10. The Labute approximate surface area is 125 Å². The molecular weight excluding hydrogens is 290 g/mol. The standard InChI is InChI=1S/C14H21N3O3S/c1-20-14-6-5-11(7-16-14)21(18,19)17-8-10-3-2-4-13(15)12(10)9-17/h5-7,10,12-13H,2-4,8-9,15H2,1H3. The maximum Gasteiger partial charge on any atom is 0.244 e. The van der Waals surface area contributed by atoms with Gasteiger partial charge < -0.3 is 10.5 Å². The van der Waals surface area contributed by atoms with Crippen molar-refractivity contribution in [1.29, 1.82) is 0 Å². The number of ether oxygens (including phenoxy) is 1. The molecule has 1 saturated heterocycles. The predicted molar refractivity (Wildman–Crippen MR) is 78.4 cm³/mol. The van der Waals surface area contributed by atoms with E-state index in [9.17, 15) is 8.42 Å². The van der Waals surface area contributed by atoms with E-state index < -0.39 is 10.0 Å². The van der Waals surface area contributed by atoms with Crippen molar-refractivity contribution in [3.05, 3.63) is 18.3 Å². The van der Waals surface area contributed by atoms with Gasteiger partial charge in [0.2, 0.25) is 15.9 Å². The van der Waals surface area contributed by atoms with E-state index in [1.165, 1.54) is 13.3 Å². The van der Waals surface area contributed by atoms with Gasteiger partial charge in [-0.15, -0.1) is 0 Å².